The summed E-state index contributed by atoms with van der Waals surface area (Å²) < 4.78 is 0.582. The molecule has 102 valence electrons. The average Bonchev–Trinajstić information content (AvgIpc) is 2.30. The molecule has 1 atom stereocenters. The number of carboxylic acids is 2. The number of nitrogens with one attached hydrogen (secondary N) is 1. The SMILES string of the molecule is O=C(O)CC(NC(=O)c1cc(Cl)ccc1I)C(=O)O. The summed E-state index contributed by atoms with van der Waals surface area (Å²) in [6.07, 6.45) is -0.696. The number of rotatable bonds is 5. The van der Waals surface area contributed by atoms with E-state index in [0.29, 0.717) is 8.59 Å². The molecule has 0 aliphatic rings. The van der Waals surface area contributed by atoms with Gasteiger partial charge in [0.2, 0.25) is 0 Å². The van der Waals surface area contributed by atoms with Gasteiger partial charge in [-0.1, -0.05) is 11.6 Å². The number of carbonyl (C=O) groups excluding carboxylic acids is 1. The molecule has 1 rings (SSSR count). The van der Waals surface area contributed by atoms with Crippen LogP contribution in [0.3, 0.4) is 0 Å². The molecular weight excluding hydrogens is 388 g/mol. The van der Waals surface area contributed by atoms with Crippen molar-refractivity contribution in [2.75, 3.05) is 0 Å². The first-order valence-corrected chi connectivity index (χ1v) is 6.47. The average molecular weight is 398 g/mol. The first-order chi connectivity index (χ1) is 8.81. The van der Waals surface area contributed by atoms with Gasteiger partial charge in [0.1, 0.15) is 6.04 Å². The van der Waals surface area contributed by atoms with Crippen molar-refractivity contribution in [1.29, 1.82) is 0 Å². The zero-order valence-electron chi connectivity index (χ0n) is 9.39. The van der Waals surface area contributed by atoms with E-state index in [-0.39, 0.29) is 5.56 Å². The van der Waals surface area contributed by atoms with Crippen molar-refractivity contribution in [2.45, 2.75) is 12.5 Å². The molecule has 6 nitrogen and oxygen atoms in total. The Kier molecular flexibility index (Phi) is 5.55. The minimum absolute atomic E-state index is 0.199. The van der Waals surface area contributed by atoms with Gasteiger partial charge in [-0.15, -0.1) is 0 Å². The van der Waals surface area contributed by atoms with Crippen LogP contribution in [-0.2, 0) is 9.59 Å². The van der Waals surface area contributed by atoms with Crippen LogP contribution < -0.4 is 5.32 Å². The molecule has 1 aromatic carbocycles. The molecule has 0 saturated heterocycles. The summed E-state index contributed by atoms with van der Waals surface area (Å²) in [5.41, 5.74) is 0.199. The first-order valence-electron chi connectivity index (χ1n) is 5.01. The summed E-state index contributed by atoms with van der Waals surface area (Å²) >= 11 is 7.65. The fourth-order valence-corrected chi connectivity index (χ4v) is 2.03. The molecule has 1 amide bonds. The molecule has 0 spiro atoms. The van der Waals surface area contributed by atoms with Crippen molar-refractivity contribution < 1.29 is 24.6 Å². The highest BCUT2D eigenvalue weighted by Crippen LogP contribution is 2.18. The van der Waals surface area contributed by atoms with E-state index < -0.39 is 30.3 Å². The predicted octanol–water partition coefficient (Wildman–Crippen LogP) is 1.60. The number of carbonyl (C=O) groups is 3. The topological polar surface area (TPSA) is 104 Å². The largest absolute Gasteiger partial charge is 0.481 e. The maximum atomic E-state index is 11.9. The number of amides is 1. The second kappa shape index (κ2) is 6.71. The van der Waals surface area contributed by atoms with E-state index in [4.69, 9.17) is 21.8 Å². The third-order valence-electron chi connectivity index (χ3n) is 2.16. The normalized spacial score (nSPS) is 11.7. The van der Waals surface area contributed by atoms with E-state index in [1.807, 2.05) is 22.6 Å². The highest BCUT2D eigenvalue weighted by molar-refractivity contribution is 14.1. The third kappa shape index (κ3) is 4.67. The summed E-state index contributed by atoms with van der Waals surface area (Å²) in [5.74, 6) is -3.40. The second-order valence-corrected chi connectivity index (χ2v) is 5.18. The molecule has 19 heavy (non-hydrogen) atoms. The van der Waals surface area contributed by atoms with Crippen molar-refractivity contribution in [3.63, 3.8) is 0 Å². The number of hydrogen-bond donors (Lipinski definition) is 3. The molecule has 0 aromatic heterocycles. The first kappa shape index (κ1) is 15.7. The Balaban J connectivity index is 2.90. The van der Waals surface area contributed by atoms with Crippen LogP contribution in [0, 0.1) is 3.57 Å². The van der Waals surface area contributed by atoms with Crippen LogP contribution in [-0.4, -0.2) is 34.1 Å². The fraction of sp³-hybridized carbons (Fsp3) is 0.182. The molecule has 0 heterocycles. The van der Waals surface area contributed by atoms with E-state index >= 15 is 0 Å². The van der Waals surface area contributed by atoms with Crippen molar-refractivity contribution in [2.24, 2.45) is 0 Å². The fourth-order valence-electron chi connectivity index (χ4n) is 1.28. The monoisotopic (exact) mass is 397 g/mol. The van der Waals surface area contributed by atoms with E-state index in [2.05, 4.69) is 5.32 Å². The minimum Gasteiger partial charge on any atom is -0.481 e. The standard InChI is InChI=1S/C11H9ClINO5/c12-5-1-2-7(13)6(3-5)10(17)14-8(11(18)19)4-9(15)16/h1-3,8H,4H2,(H,14,17)(H,15,16)(H,18,19). The van der Waals surface area contributed by atoms with Gasteiger partial charge >= 0.3 is 11.9 Å². The molecule has 1 aromatic rings. The Bertz CT molecular complexity index is 534. The third-order valence-corrected chi connectivity index (χ3v) is 3.33. The van der Waals surface area contributed by atoms with Gasteiger partial charge in [-0.3, -0.25) is 9.59 Å². The zero-order valence-corrected chi connectivity index (χ0v) is 12.3. The molecule has 1 unspecified atom stereocenters. The van der Waals surface area contributed by atoms with Crippen molar-refractivity contribution in [3.05, 3.63) is 32.4 Å². The Labute approximate surface area is 126 Å². The lowest BCUT2D eigenvalue weighted by Crippen LogP contribution is -2.42. The molecule has 8 heteroatoms. The van der Waals surface area contributed by atoms with Crippen LogP contribution >= 0.6 is 34.2 Å². The van der Waals surface area contributed by atoms with Crippen LogP contribution in [0.15, 0.2) is 18.2 Å². The molecule has 0 bridgehead atoms. The minimum atomic E-state index is -1.49. The lowest BCUT2D eigenvalue weighted by molar-refractivity contribution is -0.145. The molecular formula is C11H9ClINO5. The van der Waals surface area contributed by atoms with Crippen LogP contribution in [0.4, 0.5) is 0 Å². The number of carboxylic acid groups (broad SMARTS) is 2. The predicted molar refractivity (Wildman–Crippen MR) is 75.3 cm³/mol. The highest BCUT2D eigenvalue weighted by atomic mass is 127. The van der Waals surface area contributed by atoms with Crippen LogP contribution in [0.1, 0.15) is 16.8 Å². The molecule has 0 radical (unpaired) electrons. The molecule has 3 N–H and O–H groups in total. The van der Waals surface area contributed by atoms with Gasteiger partial charge in [-0.25, -0.2) is 4.79 Å². The van der Waals surface area contributed by atoms with Crippen LogP contribution in [0.2, 0.25) is 5.02 Å². The number of halogens is 2. The van der Waals surface area contributed by atoms with E-state index in [0.717, 1.165) is 0 Å². The summed E-state index contributed by atoms with van der Waals surface area (Å²) in [4.78, 5) is 33.2. The van der Waals surface area contributed by atoms with Gasteiger partial charge in [-0.05, 0) is 40.8 Å². The molecule has 0 fully saturated rings. The van der Waals surface area contributed by atoms with Gasteiger partial charge in [0.15, 0.2) is 0 Å². The smallest absolute Gasteiger partial charge is 0.326 e. The van der Waals surface area contributed by atoms with Gasteiger partial charge in [0, 0.05) is 8.59 Å². The van der Waals surface area contributed by atoms with Gasteiger partial charge in [0.25, 0.3) is 5.91 Å². The van der Waals surface area contributed by atoms with Gasteiger partial charge < -0.3 is 15.5 Å². The van der Waals surface area contributed by atoms with Crippen molar-refractivity contribution >= 4 is 52.0 Å². The highest BCUT2D eigenvalue weighted by Gasteiger charge is 2.24. The molecule has 0 aliphatic heterocycles. The van der Waals surface area contributed by atoms with Gasteiger partial charge in [-0.2, -0.15) is 0 Å². The number of hydrogen-bond acceptors (Lipinski definition) is 3. The lowest BCUT2D eigenvalue weighted by Gasteiger charge is -2.13. The number of aliphatic carboxylic acids is 2. The summed E-state index contributed by atoms with van der Waals surface area (Å²) in [5, 5.41) is 19.9. The van der Waals surface area contributed by atoms with Crippen molar-refractivity contribution in [3.8, 4) is 0 Å². The second-order valence-electron chi connectivity index (χ2n) is 3.59. The zero-order chi connectivity index (χ0) is 14.6. The Morgan fingerprint density at radius 3 is 2.47 bits per heavy atom. The number of benzene rings is 1. The summed E-state index contributed by atoms with van der Waals surface area (Å²) in [6.45, 7) is 0. The summed E-state index contributed by atoms with van der Waals surface area (Å²) in [7, 11) is 0. The molecule has 0 aliphatic carbocycles. The lowest BCUT2D eigenvalue weighted by atomic mass is 10.1. The Hall–Kier alpha value is -1.35. The van der Waals surface area contributed by atoms with Crippen LogP contribution in [0.5, 0.6) is 0 Å². The summed E-state index contributed by atoms with van der Waals surface area (Å²) in [6, 6.07) is 3.09. The van der Waals surface area contributed by atoms with Gasteiger partial charge in [0.05, 0.1) is 12.0 Å². The van der Waals surface area contributed by atoms with Crippen molar-refractivity contribution in [1.82, 2.24) is 5.32 Å². The quantitative estimate of drug-likeness (QED) is 0.655. The Morgan fingerprint density at radius 1 is 1.32 bits per heavy atom. The van der Waals surface area contributed by atoms with E-state index in [1.54, 1.807) is 12.1 Å². The molecule has 0 saturated carbocycles. The van der Waals surface area contributed by atoms with Crippen LogP contribution in [0.25, 0.3) is 0 Å². The van der Waals surface area contributed by atoms with E-state index in [9.17, 15) is 14.4 Å². The van der Waals surface area contributed by atoms with E-state index in [1.165, 1.54) is 6.07 Å². The maximum absolute atomic E-state index is 11.9. The Morgan fingerprint density at radius 2 is 1.95 bits per heavy atom. The maximum Gasteiger partial charge on any atom is 0.326 e.